The monoisotopic (exact) mass is 533 g/mol. The van der Waals surface area contributed by atoms with Crippen molar-refractivity contribution in [2.24, 2.45) is 17.8 Å². The molecule has 9 nitrogen and oxygen atoms in total. The zero-order chi connectivity index (χ0) is 29.3. The fourth-order valence-corrected chi connectivity index (χ4v) is 4.80. The molecule has 0 bridgehead atoms. The maximum Gasteiger partial charge on any atom is 0.408 e. The largest absolute Gasteiger partial charge is 0.480 e. The molecule has 0 aliphatic rings. The van der Waals surface area contributed by atoms with Crippen molar-refractivity contribution in [3.8, 4) is 0 Å². The predicted molar refractivity (Wildman–Crippen MR) is 147 cm³/mol. The molecule has 0 spiro atoms. The lowest BCUT2D eigenvalue weighted by atomic mass is 9.84. The van der Waals surface area contributed by atoms with E-state index < -0.39 is 40.5 Å². The number of nitrogens with one attached hydrogen (secondary N) is 3. The van der Waals surface area contributed by atoms with E-state index in [2.05, 4.69) is 16.0 Å². The van der Waals surface area contributed by atoms with E-state index in [0.717, 1.165) is 5.56 Å². The Bertz CT molecular complexity index is 964. The zero-order valence-corrected chi connectivity index (χ0v) is 24.4. The number of amides is 3. The Morgan fingerprint density at radius 2 is 1.11 bits per heavy atom. The van der Waals surface area contributed by atoms with Crippen molar-refractivity contribution in [1.29, 1.82) is 0 Å². The smallest absolute Gasteiger partial charge is 0.408 e. The molecule has 4 N–H and O–H groups in total. The quantitative estimate of drug-likeness (QED) is 0.275. The normalized spacial score (nSPS) is 16.2. The van der Waals surface area contributed by atoms with Crippen molar-refractivity contribution in [1.82, 2.24) is 16.0 Å². The van der Waals surface area contributed by atoms with Gasteiger partial charge in [-0.15, -0.1) is 0 Å². The molecule has 1 rings (SSSR count). The van der Waals surface area contributed by atoms with Crippen LogP contribution in [0, 0.1) is 17.8 Å². The Kier molecular flexibility index (Phi) is 11.8. The molecule has 0 saturated carbocycles. The molecule has 38 heavy (non-hydrogen) atoms. The van der Waals surface area contributed by atoms with Gasteiger partial charge in [-0.05, 0) is 63.4 Å². The van der Waals surface area contributed by atoms with Crippen LogP contribution in [0.1, 0.15) is 87.1 Å². The fraction of sp³-hybridized carbons (Fsp3) is 0.655. The van der Waals surface area contributed by atoms with Gasteiger partial charge in [-0.3, -0.25) is 9.59 Å². The summed E-state index contributed by atoms with van der Waals surface area (Å²) in [7, 11) is 0. The highest BCUT2D eigenvalue weighted by molar-refractivity contribution is 5.97. The number of hydrogen-bond acceptors (Lipinski definition) is 5. The van der Waals surface area contributed by atoms with Gasteiger partial charge in [0.15, 0.2) is 0 Å². The van der Waals surface area contributed by atoms with Gasteiger partial charge in [-0.2, -0.15) is 0 Å². The van der Waals surface area contributed by atoms with Crippen LogP contribution in [0.25, 0.3) is 0 Å². The van der Waals surface area contributed by atoms with Gasteiger partial charge in [-0.1, -0.05) is 71.9 Å². The van der Waals surface area contributed by atoms with Gasteiger partial charge in [0.1, 0.15) is 23.2 Å². The maximum absolute atomic E-state index is 13.7. The third-order valence-corrected chi connectivity index (χ3v) is 6.29. The molecule has 0 fully saturated rings. The number of carboxylic acids is 1. The maximum atomic E-state index is 13.7. The highest BCUT2D eigenvalue weighted by Gasteiger charge is 2.46. The minimum absolute atomic E-state index is 0.00684. The molecule has 1 aromatic rings. The van der Waals surface area contributed by atoms with Crippen molar-refractivity contribution in [2.75, 3.05) is 0 Å². The summed E-state index contributed by atoms with van der Waals surface area (Å²) in [5.74, 6) is -2.24. The summed E-state index contributed by atoms with van der Waals surface area (Å²) in [5.41, 5.74) is -3.50. The van der Waals surface area contributed by atoms with Gasteiger partial charge in [0.05, 0.1) is 0 Å². The number of carboxylic acid groups (broad SMARTS) is 1. The Morgan fingerprint density at radius 1 is 0.711 bits per heavy atom. The van der Waals surface area contributed by atoms with Crippen molar-refractivity contribution >= 4 is 23.9 Å². The predicted octanol–water partition coefficient (Wildman–Crippen LogP) is 4.64. The Hall–Kier alpha value is -3.10. The Labute approximate surface area is 227 Å². The van der Waals surface area contributed by atoms with E-state index in [9.17, 15) is 24.3 Å². The molecule has 214 valence electrons. The molecule has 9 heteroatoms. The van der Waals surface area contributed by atoms with Crippen LogP contribution < -0.4 is 16.0 Å². The first kappa shape index (κ1) is 32.9. The lowest BCUT2D eigenvalue weighted by molar-refractivity contribution is -0.149. The minimum atomic E-state index is -1.51. The van der Waals surface area contributed by atoms with Crippen LogP contribution in [-0.4, -0.2) is 45.6 Å². The number of carbonyl (C=O) groups is 4. The van der Waals surface area contributed by atoms with Gasteiger partial charge >= 0.3 is 12.1 Å². The number of hydrogen-bond donors (Lipinski definition) is 4. The Balaban J connectivity index is 3.19. The van der Waals surface area contributed by atoms with E-state index in [-0.39, 0.29) is 37.2 Å². The number of rotatable bonds is 14. The minimum Gasteiger partial charge on any atom is -0.480 e. The van der Waals surface area contributed by atoms with Crippen molar-refractivity contribution in [3.63, 3.8) is 0 Å². The van der Waals surface area contributed by atoms with E-state index in [1.165, 1.54) is 6.92 Å². The van der Waals surface area contributed by atoms with Gasteiger partial charge in [0, 0.05) is 0 Å². The lowest BCUT2D eigenvalue weighted by Crippen LogP contribution is -2.68. The summed E-state index contributed by atoms with van der Waals surface area (Å²) in [6, 6.07) is 9.19. The molecule has 3 amide bonds. The summed E-state index contributed by atoms with van der Waals surface area (Å²) in [5, 5.41) is 18.1. The van der Waals surface area contributed by atoms with Crippen molar-refractivity contribution in [3.05, 3.63) is 35.9 Å². The average molecular weight is 534 g/mol. The highest BCUT2D eigenvalue weighted by Crippen LogP contribution is 2.25. The number of benzene rings is 1. The van der Waals surface area contributed by atoms with Crippen LogP contribution >= 0.6 is 0 Å². The third kappa shape index (κ3) is 9.99. The first-order valence-corrected chi connectivity index (χ1v) is 13.3. The fourth-order valence-electron chi connectivity index (χ4n) is 4.80. The van der Waals surface area contributed by atoms with Crippen LogP contribution in [0.3, 0.4) is 0 Å². The summed E-state index contributed by atoms with van der Waals surface area (Å²) in [6.45, 7) is 16.1. The molecule has 0 aliphatic carbocycles. The number of alkyl carbamates (subject to hydrolysis) is 1. The number of ether oxygens (including phenoxy) is 1. The molecule has 1 aromatic carbocycles. The van der Waals surface area contributed by atoms with Crippen LogP contribution in [-0.2, 0) is 25.7 Å². The van der Waals surface area contributed by atoms with Gasteiger partial charge < -0.3 is 25.8 Å². The molecular formula is C29H47N3O6. The topological polar surface area (TPSA) is 134 Å². The van der Waals surface area contributed by atoms with E-state index in [1.54, 1.807) is 13.8 Å². The summed E-state index contributed by atoms with van der Waals surface area (Å²) >= 11 is 0. The van der Waals surface area contributed by atoms with Crippen molar-refractivity contribution < 1.29 is 29.0 Å². The first-order valence-electron chi connectivity index (χ1n) is 13.3. The zero-order valence-electron chi connectivity index (χ0n) is 24.4. The summed E-state index contributed by atoms with van der Waals surface area (Å²) in [4.78, 5) is 52.0. The Morgan fingerprint density at radius 3 is 1.53 bits per heavy atom. The highest BCUT2D eigenvalue weighted by atomic mass is 16.5. The summed E-state index contributed by atoms with van der Waals surface area (Å²) in [6.07, 6.45) is 0.0222. The lowest BCUT2D eigenvalue weighted by Gasteiger charge is -2.39. The molecule has 0 aliphatic heterocycles. The molecule has 0 aromatic heterocycles. The average Bonchev–Trinajstić information content (AvgIpc) is 2.76. The summed E-state index contributed by atoms with van der Waals surface area (Å²) < 4.78 is 5.35. The molecule has 0 radical (unpaired) electrons. The first-order chi connectivity index (χ1) is 17.4. The number of aliphatic carboxylic acids is 1. The van der Waals surface area contributed by atoms with E-state index >= 15 is 0 Å². The van der Waals surface area contributed by atoms with Gasteiger partial charge in [0.2, 0.25) is 11.8 Å². The standard InChI is InChI=1S/C29H47N3O6/c1-19(2)15-27(7,23(33)31-29(9,25(35)36)17-21(5)6)30-24(34)28(8,16-20(3)4)32-26(37)38-18-22-13-11-10-12-14-22/h10-14,19-21H,15-18H2,1-9H3,(H,30,34)(H,31,33)(H,32,37)(H,35,36)/t27-,28-,29-/m0/s1. The van der Waals surface area contributed by atoms with Gasteiger partial charge in [0.25, 0.3) is 0 Å². The van der Waals surface area contributed by atoms with E-state index in [4.69, 9.17) is 4.74 Å². The second kappa shape index (κ2) is 13.6. The van der Waals surface area contributed by atoms with Gasteiger partial charge in [-0.25, -0.2) is 9.59 Å². The van der Waals surface area contributed by atoms with E-state index in [1.807, 2.05) is 71.9 Å². The molecular weight excluding hydrogens is 486 g/mol. The third-order valence-electron chi connectivity index (χ3n) is 6.29. The van der Waals surface area contributed by atoms with Crippen LogP contribution in [0.15, 0.2) is 30.3 Å². The van der Waals surface area contributed by atoms with Crippen LogP contribution in [0.2, 0.25) is 0 Å². The second-order valence-electron chi connectivity index (χ2n) is 12.2. The van der Waals surface area contributed by atoms with Crippen molar-refractivity contribution in [2.45, 2.75) is 105 Å². The molecule has 0 unspecified atom stereocenters. The second-order valence-corrected chi connectivity index (χ2v) is 12.2. The van der Waals surface area contributed by atoms with Crippen LogP contribution in [0.4, 0.5) is 4.79 Å². The molecule has 0 heterocycles. The molecule has 3 atom stereocenters. The molecule has 0 saturated heterocycles. The SMILES string of the molecule is CC(C)C[C@](C)(NC(=O)[C@](C)(CC(C)C)NC(=O)[C@](C)(CC(C)C)NC(=O)OCc1ccccc1)C(=O)O. The number of carbonyl (C=O) groups excluding carboxylic acids is 3. The van der Waals surface area contributed by atoms with Crippen LogP contribution in [0.5, 0.6) is 0 Å². The van der Waals surface area contributed by atoms with E-state index in [0.29, 0.717) is 6.42 Å².